The molecule has 0 saturated carbocycles. The molecule has 0 aliphatic carbocycles. The third-order valence-corrected chi connectivity index (χ3v) is 5.49. The van der Waals surface area contributed by atoms with Gasteiger partial charge in [0, 0.05) is 10.6 Å². The predicted molar refractivity (Wildman–Crippen MR) is 108 cm³/mol. The minimum absolute atomic E-state index is 0.319. The van der Waals surface area contributed by atoms with Crippen LogP contribution in [0.15, 0.2) is 53.7 Å². The molecular formula is C19H17Cl2N3O2S. The second kappa shape index (κ2) is 8.78. The number of halogens is 2. The summed E-state index contributed by atoms with van der Waals surface area (Å²) in [6.45, 7) is 2.31. The maximum absolute atomic E-state index is 11.8. The molecule has 0 spiro atoms. The van der Waals surface area contributed by atoms with Gasteiger partial charge in [-0.2, -0.15) is 0 Å². The van der Waals surface area contributed by atoms with E-state index in [2.05, 4.69) is 10.2 Å². The van der Waals surface area contributed by atoms with Gasteiger partial charge in [-0.05, 0) is 30.7 Å². The molecule has 0 radical (unpaired) electrons. The Labute approximate surface area is 171 Å². The number of carbonyl (C=O) groups excluding carboxylic acids is 1. The van der Waals surface area contributed by atoms with E-state index >= 15 is 0 Å². The first kappa shape index (κ1) is 19.7. The quantitative estimate of drug-likeness (QED) is 0.416. The lowest BCUT2D eigenvalue weighted by Gasteiger charge is -2.13. The Kier molecular flexibility index (Phi) is 6.42. The summed E-state index contributed by atoms with van der Waals surface area (Å²) in [4.78, 5) is 11.8. The molecule has 1 unspecified atom stereocenters. The van der Waals surface area contributed by atoms with Gasteiger partial charge in [-0.15, -0.1) is 10.2 Å². The van der Waals surface area contributed by atoms with Crippen LogP contribution in [-0.2, 0) is 16.1 Å². The number of ether oxygens (including phenoxy) is 1. The van der Waals surface area contributed by atoms with Crippen molar-refractivity contribution >= 4 is 40.9 Å². The van der Waals surface area contributed by atoms with Crippen LogP contribution in [0.5, 0.6) is 0 Å². The van der Waals surface area contributed by atoms with Gasteiger partial charge >= 0.3 is 5.97 Å². The standard InChI is InChI=1S/C19H17Cl2N3O2S/c1-12(18(25)26-2)27-19-23-22-17(15-9-8-14(20)10-16(15)21)24(19)11-13-6-4-3-5-7-13/h3-10,12H,11H2,1-2H3. The van der Waals surface area contributed by atoms with Crippen molar-refractivity contribution in [2.24, 2.45) is 0 Å². The van der Waals surface area contributed by atoms with Crippen molar-refractivity contribution < 1.29 is 9.53 Å². The molecule has 3 aromatic rings. The number of rotatable bonds is 6. The van der Waals surface area contributed by atoms with E-state index in [-0.39, 0.29) is 5.97 Å². The maximum Gasteiger partial charge on any atom is 0.318 e. The van der Waals surface area contributed by atoms with Crippen LogP contribution in [0.1, 0.15) is 12.5 Å². The number of hydrogen-bond donors (Lipinski definition) is 0. The van der Waals surface area contributed by atoms with Crippen LogP contribution in [-0.4, -0.2) is 33.1 Å². The van der Waals surface area contributed by atoms with Gasteiger partial charge in [0.05, 0.1) is 18.7 Å². The van der Waals surface area contributed by atoms with Gasteiger partial charge in [-0.3, -0.25) is 9.36 Å². The monoisotopic (exact) mass is 421 g/mol. The Morgan fingerprint density at radius 1 is 1.19 bits per heavy atom. The van der Waals surface area contributed by atoms with Crippen LogP contribution in [0.2, 0.25) is 10.0 Å². The average Bonchev–Trinajstić information content (AvgIpc) is 3.04. The van der Waals surface area contributed by atoms with E-state index in [1.165, 1.54) is 18.9 Å². The van der Waals surface area contributed by atoms with Crippen LogP contribution in [0.25, 0.3) is 11.4 Å². The van der Waals surface area contributed by atoms with Gasteiger partial charge in [0.15, 0.2) is 11.0 Å². The average molecular weight is 422 g/mol. The van der Waals surface area contributed by atoms with Crippen LogP contribution >= 0.6 is 35.0 Å². The van der Waals surface area contributed by atoms with Crippen LogP contribution < -0.4 is 0 Å². The number of hydrogen-bond acceptors (Lipinski definition) is 5. The van der Waals surface area contributed by atoms with Crippen LogP contribution in [0.4, 0.5) is 0 Å². The highest BCUT2D eigenvalue weighted by atomic mass is 35.5. The highest BCUT2D eigenvalue weighted by Crippen LogP contribution is 2.33. The SMILES string of the molecule is COC(=O)C(C)Sc1nnc(-c2ccc(Cl)cc2Cl)n1Cc1ccccc1. The zero-order valence-electron chi connectivity index (χ0n) is 14.7. The molecule has 3 rings (SSSR count). The predicted octanol–water partition coefficient (Wildman–Crippen LogP) is 4.95. The van der Waals surface area contributed by atoms with E-state index < -0.39 is 5.25 Å². The molecule has 0 aliphatic rings. The van der Waals surface area contributed by atoms with E-state index in [1.54, 1.807) is 19.1 Å². The van der Waals surface area contributed by atoms with Gasteiger partial charge in [-0.25, -0.2) is 0 Å². The topological polar surface area (TPSA) is 57.0 Å². The number of thioether (sulfide) groups is 1. The molecule has 0 amide bonds. The fourth-order valence-electron chi connectivity index (χ4n) is 2.53. The molecule has 5 nitrogen and oxygen atoms in total. The maximum atomic E-state index is 11.8. The summed E-state index contributed by atoms with van der Waals surface area (Å²) in [6, 6.07) is 15.2. The van der Waals surface area contributed by atoms with Crippen molar-refractivity contribution in [2.75, 3.05) is 7.11 Å². The molecule has 0 bridgehead atoms. The van der Waals surface area contributed by atoms with E-state index in [4.69, 9.17) is 27.9 Å². The first-order valence-corrected chi connectivity index (χ1v) is 9.80. The lowest BCUT2D eigenvalue weighted by Crippen LogP contribution is -2.16. The Morgan fingerprint density at radius 2 is 1.93 bits per heavy atom. The lowest BCUT2D eigenvalue weighted by atomic mass is 10.2. The van der Waals surface area contributed by atoms with Crippen molar-refractivity contribution in [3.05, 3.63) is 64.1 Å². The second-order valence-electron chi connectivity index (χ2n) is 5.79. The van der Waals surface area contributed by atoms with Crippen molar-refractivity contribution in [3.8, 4) is 11.4 Å². The summed E-state index contributed by atoms with van der Waals surface area (Å²) >= 11 is 13.7. The fraction of sp³-hybridized carbons (Fsp3) is 0.211. The minimum atomic E-state index is -0.415. The van der Waals surface area contributed by atoms with Crippen molar-refractivity contribution in [1.29, 1.82) is 0 Å². The molecule has 1 aromatic heterocycles. The number of carbonyl (C=O) groups is 1. The molecular weight excluding hydrogens is 405 g/mol. The van der Waals surface area contributed by atoms with Gasteiger partial charge in [0.25, 0.3) is 0 Å². The normalized spacial score (nSPS) is 12.0. The summed E-state index contributed by atoms with van der Waals surface area (Å²) in [5.41, 5.74) is 1.80. The fourth-order valence-corrected chi connectivity index (χ4v) is 3.89. The third-order valence-electron chi connectivity index (χ3n) is 3.89. The molecule has 8 heteroatoms. The number of benzene rings is 2. The highest BCUT2D eigenvalue weighted by Gasteiger charge is 2.22. The van der Waals surface area contributed by atoms with Crippen molar-refractivity contribution in [1.82, 2.24) is 14.8 Å². The summed E-state index contributed by atoms with van der Waals surface area (Å²) < 4.78 is 6.75. The minimum Gasteiger partial charge on any atom is -0.468 e. The van der Waals surface area contributed by atoms with Gasteiger partial charge in [0.2, 0.25) is 0 Å². The molecule has 140 valence electrons. The zero-order chi connectivity index (χ0) is 19.4. The largest absolute Gasteiger partial charge is 0.468 e. The van der Waals surface area contributed by atoms with Gasteiger partial charge in [-0.1, -0.05) is 65.3 Å². The summed E-state index contributed by atoms with van der Waals surface area (Å²) in [5.74, 6) is 0.292. The molecule has 0 N–H and O–H groups in total. The first-order valence-electron chi connectivity index (χ1n) is 8.16. The van der Waals surface area contributed by atoms with Crippen molar-refractivity contribution in [3.63, 3.8) is 0 Å². The van der Waals surface area contributed by atoms with Crippen molar-refractivity contribution in [2.45, 2.75) is 23.9 Å². The van der Waals surface area contributed by atoms with Gasteiger partial charge in [0.1, 0.15) is 5.25 Å². The Bertz CT molecular complexity index is 947. The third kappa shape index (κ3) is 4.64. The zero-order valence-corrected chi connectivity index (χ0v) is 17.1. The Morgan fingerprint density at radius 3 is 2.59 bits per heavy atom. The van der Waals surface area contributed by atoms with E-state index in [1.807, 2.05) is 41.0 Å². The summed E-state index contributed by atoms with van der Waals surface area (Å²) in [7, 11) is 1.37. The van der Waals surface area contributed by atoms with Crippen LogP contribution in [0, 0.1) is 0 Å². The molecule has 1 heterocycles. The molecule has 0 saturated heterocycles. The first-order chi connectivity index (χ1) is 13.0. The van der Waals surface area contributed by atoms with E-state index in [0.717, 1.165) is 11.1 Å². The molecule has 2 aromatic carbocycles. The molecule has 27 heavy (non-hydrogen) atoms. The molecule has 1 atom stereocenters. The number of aromatic nitrogens is 3. The lowest BCUT2D eigenvalue weighted by molar-refractivity contribution is -0.139. The summed E-state index contributed by atoms with van der Waals surface area (Å²) in [5, 5.41) is 9.84. The molecule has 0 aliphatic heterocycles. The Hall–Kier alpha value is -2.02. The van der Waals surface area contributed by atoms with E-state index in [9.17, 15) is 4.79 Å². The number of esters is 1. The van der Waals surface area contributed by atoms with E-state index in [0.29, 0.717) is 27.6 Å². The van der Waals surface area contributed by atoms with Gasteiger partial charge < -0.3 is 4.74 Å². The smallest absolute Gasteiger partial charge is 0.318 e. The highest BCUT2D eigenvalue weighted by molar-refractivity contribution is 8.00. The second-order valence-corrected chi connectivity index (χ2v) is 7.94. The molecule has 0 fully saturated rings. The number of methoxy groups -OCH3 is 1. The summed E-state index contributed by atoms with van der Waals surface area (Å²) in [6.07, 6.45) is 0. The van der Waals surface area contributed by atoms with Crippen LogP contribution in [0.3, 0.4) is 0 Å². The Balaban J connectivity index is 2.03. The number of nitrogens with zero attached hydrogens (tertiary/aromatic N) is 3.